The van der Waals surface area contributed by atoms with E-state index in [1.54, 1.807) is 6.07 Å². The Hall–Kier alpha value is -1.05. The van der Waals surface area contributed by atoms with Gasteiger partial charge in [-0.2, -0.15) is 5.26 Å². The molecule has 0 amide bonds. The van der Waals surface area contributed by atoms with Gasteiger partial charge in [-0.3, -0.25) is 0 Å². The van der Waals surface area contributed by atoms with E-state index in [0.29, 0.717) is 5.75 Å². The van der Waals surface area contributed by atoms with Crippen molar-refractivity contribution in [3.8, 4) is 11.8 Å². The molecule has 0 aliphatic heterocycles. The molecule has 2 N–H and O–H groups in total. The van der Waals surface area contributed by atoms with Crippen molar-refractivity contribution in [2.24, 2.45) is 5.73 Å². The monoisotopic (exact) mass is 254 g/mol. The van der Waals surface area contributed by atoms with Crippen LogP contribution in [-0.2, 0) is 0 Å². The lowest BCUT2D eigenvalue weighted by molar-refractivity contribution is 0.362. The summed E-state index contributed by atoms with van der Waals surface area (Å²) in [5.41, 5.74) is 6.67. The van der Waals surface area contributed by atoms with Crippen LogP contribution < -0.4 is 10.5 Å². The Balaban J connectivity index is 2.97. The third-order valence-corrected chi connectivity index (χ3v) is 2.25. The van der Waals surface area contributed by atoms with Crippen molar-refractivity contribution in [1.82, 2.24) is 0 Å². The molecule has 74 valence electrons. The molecule has 14 heavy (non-hydrogen) atoms. The maximum atomic E-state index is 8.40. The van der Waals surface area contributed by atoms with Gasteiger partial charge >= 0.3 is 0 Å². The third kappa shape index (κ3) is 2.72. The Morgan fingerprint density at radius 2 is 2.36 bits per heavy atom. The van der Waals surface area contributed by atoms with Gasteiger partial charge in [0, 0.05) is 16.1 Å². The number of nitriles is 1. The quantitative estimate of drug-likeness (QED) is 0.901. The van der Waals surface area contributed by atoms with Crippen molar-refractivity contribution in [3.63, 3.8) is 0 Å². The lowest BCUT2D eigenvalue weighted by Crippen LogP contribution is -2.08. The van der Waals surface area contributed by atoms with E-state index in [-0.39, 0.29) is 12.6 Å². The molecule has 1 aromatic rings. The number of ether oxygens (including phenoxy) is 1. The fourth-order valence-corrected chi connectivity index (χ4v) is 1.50. The standard InChI is InChI=1S/C10H11BrN2O/c1-7(13)9-6-8(11)2-3-10(9)14-5-4-12/h2-3,6-7H,5,13H2,1H3. The van der Waals surface area contributed by atoms with Crippen molar-refractivity contribution >= 4 is 15.9 Å². The molecule has 1 aromatic carbocycles. The van der Waals surface area contributed by atoms with E-state index in [9.17, 15) is 0 Å². The van der Waals surface area contributed by atoms with Crippen LogP contribution in [0.15, 0.2) is 22.7 Å². The van der Waals surface area contributed by atoms with Gasteiger partial charge in [0.1, 0.15) is 11.8 Å². The molecule has 0 aromatic heterocycles. The summed E-state index contributed by atoms with van der Waals surface area (Å²) in [6.45, 7) is 1.92. The number of benzene rings is 1. The largest absolute Gasteiger partial charge is 0.478 e. The van der Waals surface area contributed by atoms with Crippen LogP contribution in [0.5, 0.6) is 5.75 Å². The topological polar surface area (TPSA) is 59.0 Å². The molecule has 0 spiro atoms. The minimum absolute atomic E-state index is 0.0430. The first-order valence-electron chi connectivity index (χ1n) is 4.20. The molecule has 0 heterocycles. The van der Waals surface area contributed by atoms with Gasteiger partial charge < -0.3 is 10.5 Å². The van der Waals surface area contributed by atoms with Crippen LogP contribution in [-0.4, -0.2) is 6.61 Å². The van der Waals surface area contributed by atoms with E-state index in [4.69, 9.17) is 15.7 Å². The maximum Gasteiger partial charge on any atom is 0.174 e. The Morgan fingerprint density at radius 1 is 1.64 bits per heavy atom. The maximum absolute atomic E-state index is 8.40. The first kappa shape index (κ1) is 11.0. The Bertz CT molecular complexity index is 358. The summed E-state index contributed by atoms with van der Waals surface area (Å²) in [7, 11) is 0. The third-order valence-electron chi connectivity index (χ3n) is 1.75. The van der Waals surface area contributed by atoms with Crippen molar-refractivity contribution < 1.29 is 4.74 Å². The lowest BCUT2D eigenvalue weighted by atomic mass is 10.1. The van der Waals surface area contributed by atoms with Crippen molar-refractivity contribution in [3.05, 3.63) is 28.2 Å². The SMILES string of the molecule is CC(N)c1cc(Br)ccc1OCC#N. The second-order valence-corrected chi connectivity index (χ2v) is 3.83. The van der Waals surface area contributed by atoms with Gasteiger partial charge in [0.15, 0.2) is 6.61 Å². The van der Waals surface area contributed by atoms with Crippen molar-refractivity contribution in [1.29, 1.82) is 5.26 Å². The van der Waals surface area contributed by atoms with E-state index in [1.807, 2.05) is 25.1 Å². The van der Waals surface area contributed by atoms with Crippen LogP contribution in [0.3, 0.4) is 0 Å². The fraction of sp³-hybridized carbons (Fsp3) is 0.300. The molecule has 0 aliphatic rings. The summed E-state index contributed by atoms with van der Waals surface area (Å²) in [5, 5.41) is 8.40. The zero-order chi connectivity index (χ0) is 10.6. The average Bonchev–Trinajstić information content (AvgIpc) is 2.15. The molecule has 0 saturated heterocycles. The van der Waals surface area contributed by atoms with E-state index < -0.39 is 0 Å². The summed E-state index contributed by atoms with van der Waals surface area (Å²) in [4.78, 5) is 0. The van der Waals surface area contributed by atoms with Gasteiger partial charge in [-0.05, 0) is 25.1 Å². The summed E-state index contributed by atoms with van der Waals surface area (Å²) in [6.07, 6.45) is 0. The van der Waals surface area contributed by atoms with Gasteiger partial charge in [-0.1, -0.05) is 15.9 Å². The molecule has 1 atom stereocenters. The first-order valence-corrected chi connectivity index (χ1v) is 4.99. The second-order valence-electron chi connectivity index (χ2n) is 2.92. The van der Waals surface area contributed by atoms with Gasteiger partial charge in [0.2, 0.25) is 0 Å². The van der Waals surface area contributed by atoms with E-state index >= 15 is 0 Å². The van der Waals surface area contributed by atoms with Crippen LogP contribution in [0, 0.1) is 11.3 Å². The highest BCUT2D eigenvalue weighted by molar-refractivity contribution is 9.10. The summed E-state index contributed by atoms with van der Waals surface area (Å²) in [5.74, 6) is 0.671. The molecule has 3 nitrogen and oxygen atoms in total. The zero-order valence-corrected chi connectivity index (χ0v) is 9.41. The predicted octanol–water partition coefficient (Wildman–Crippen LogP) is 2.37. The first-order chi connectivity index (χ1) is 6.65. The summed E-state index contributed by atoms with van der Waals surface area (Å²) in [6, 6.07) is 7.38. The number of rotatable bonds is 3. The van der Waals surface area contributed by atoms with Gasteiger partial charge in [-0.25, -0.2) is 0 Å². The zero-order valence-electron chi connectivity index (χ0n) is 7.83. The molecular weight excluding hydrogens is 244 g/mol. The van der Waals surface area contributed by atoms with Crippen LogP contribution in [0.25, 0.3) is 0 Å². The number of hydrogen-bond acceptors (Lipinski definition) is 3. The smallest absolute Gasteiger partial charge is 0.174 e. The average molecular weight is 255 g/mol. The van der Waals surface area contributed by atoms with Crippen molar-refractivity contribution in [2.75, 3.05) is 6.61 Å². The van der Waals surface area contributed by atoms with Crippen LogP contribution in [0.1, 0.15) is 18.5 Å². The molecule has 4 heteroatoms. The van der Waals surface area contributed by atoms with Gasteiger partial charge in [0.05, 0.1) is 0 Å². The van der Waals surface area contributed by atoms with E-state index in [2.05, 4.69) is 15.9 Å². The highest BCUT2D eigenvalue weighted by Crippen LogP contribution is 2.27. The Labute approximate surface area is 91.6 Å². The van der Waals surface area contributed by atoms with Gasteiger partial charge in [0.25, 0.3) is 0 Å². The minimum Gasteiger partial charge on any atom is -0.478 e. The highest BCUT2D eigenvalue weighted by Gasteiger charge is 2.08. The predicted molar refractivity (Wildman–Crippen MR) is 57.9 cm³/mol. The van der Waals surface area contributed by atoms with E-state index in [1.165, 1.54) is 0 Å². The van der Waals surface area contributed by atoms with Crippen LogP contribution in [0.4, 0.5) is 0 Å². The fourth-order valence-electron chi connectivity index (χ4n) is 1.12. The molecule has 1 unspecified atom stereocenters. The number of nitrogens with zero attached hydrogens (tertiary/aromatic N) is 1. The second kappa shape index (κ2) is 4.99. The number of nitrogens with two attached hydrogens (primary N) is 1. The summed E-state index contributed by atoms with van der Waals surface area (Å²) >= 11 is 3.36. The lowest BCUT2D eigenvalue weighted by Gasteiger charge is -2.12. The Kier molecular flexibility index (Phi) is 3.93. The number of halogens is 1. The summed E-state index contributed by atoms with van der Waals surface area (Å²) < 4.78 is 6.19. The molecule has 0 radical (unpaired) electrons. The molecule has 0 bridgehead atoms. The van der Waals surface area contributed by atoms with Gasteiger partial charge in [-0.15, -0.1) is 0 Å². The van der Waals surface area contributed by atoms with E-state index in [0.717, 1.165) is 10.0 Å². The molecule has 1 rings (SSSR count). The highest BCUT2D eigenvalue weighted by atomic mass is 79.9. The van der Waals surface area contributed by atoms with Crippen molar-refractivity contribution in [2.45, 2.75) is 13.0 Å². The molecule has 0 aliphatic carbocycles. The number of hydrogen-bond donors (Lipinski definition) is 1. The molecule has 0 fully saturated rings. The van der Waals surface area contributed by atoms with Crippen LogP contribution >= 0.6 is 15.9 Å². The molecular formula is C10H11BrN2O. The van der Waals surface area contributed by atoms with Crippen LogP contribution in [0.2, 0.25) is 0 Å². The Morgan fingerprint density at radius 3 is 2.93 bits per heavy atom. The normalized spacial score (nSPS) is 11.9. The molecule has 0 saturated carbocycles. The minimum atomic E-state index is -0.110.